The van der Waals surface area contributed by atoms with Crippen LogP contribution in [0.1, 0.15) is 15.9 Å². The molecule has 0 aliphatic carbocycles. The van der Waals surface area contributed by atoms with E-state index < -0.39 is 10.0 Å². The van der Waals surface area contributed by atoms with Crippen molar-refractivity contribution < 1.29 is 22.7 Å². The van der Waals surface area contributed by atoms with Gasteiger partial charge in [-0.05, 0) is 60.7 Å². The molecule has 3 aromatic rings. The lowest BCUT2D eigenvalue weighted by Gasteiger charge is -2.18. The fourth-order valence-corrected chi connectivity index (χ4v) is 4.50. The van der Waals surface area contributed by atoms with Gasteiger partial charge in [0.05, 0.1) is 13.7 Å². The van der Waals surface area contributed by atoms with Gasteiger partial charge in [-0.2, -0.15) is 8.42 Å². The Morgan fingerprint density at radius 2 is 1.64 bits per heavy atom. The third-order valence-electron chi connectivity index (χ3n) is 5.13. The summed E-state index contributed by atoms with van der Waals surface area (Å²) >= 11 is 0. The predicted octanol–water partition coefficient (Wildman–Crippen LogP) is 3.41. The SMILES string of the molecule is COc1ccc(OCCN(C)C(=O)c2ccc(NC3=NS(=O)(=O)c4ccccc43)cc2)cc1. The van der Waals surface area contributed by atoms with Crippen LogP contribution < -0.4 is 14.8 Å². The summed E-state index contributed by atoms with van der Waals surface area (Å²) in [4.78, 5) is 14.5. The van der Waals surface area contributed by atoms with Crippen molar-refractivity contribution in [3.05, 3.63) is 83.9 Å². The molecule has 3 aromatic carbocycles. The number of nitrogens with zero attached hydrogens (tertiary/aromatic N) is 2. The first-order valence-corrected chi connectivity index (χ1v) is 11.7. The van der Waals surface area contributed by atoms with Crippen molar-refractivity contribution in [1.82, 2.24) is 4.90 Å². The molecular formula is C24H23N3O5S. The van der Waals surface area contributed by atoms with E-state index in [-0.39, 0.29) is 16.6 Å². The molecule has 0 saturated heterocycles. The van der Waals surface area contributed by atoms with Crippen LogP contribution in [0.25, 0.3) is 0 Å². The molecule has 4 rings (SSSR count). The number of fused-ring (bicyclic) bond motifs is 1. The van der Waals surface area contributed by atoms with Gasteiger partial charge in [0.25, 0.3) is 15.9 Å². The first kappa shape index (κ1) is 22.3. The van der Waals surface area contributed by atoms with E-state index in [2.05, 4.69) is 9.71 Å². The molecule has 1 aliphatic rings. The first-order valence-electron chi connectivity index (χ1n) is 10.2. The van der Waals surface area contributed by atoms with Gasteiger partial charge in [0.1, 0.15) is 23.0 Å². The fourth-order valence-electron chi connectivity index (χ4n) is 3.32. The zero-order chi connectivity index (χ0) is 23.4. The second kappa shape index (κ2) is 9.33. The number of likely N-dealkylation sites (N-methyl/N-ethyl adjacent to an activating group) is 1. The average molecular weight is 466 g/mol. The second-order valence-electron chi connectivity index (χ2n) is 7.36. The van der Waals surface area contributed by atoms with Crippen LogP contribution in [0.2, 0.25) is 0 Å². The minimum Gasteiger partial charge on any atom is -0.497 e. The van der Waals surface area contributed by atoms with Crippen molar-refractivity contribution in [3.8, 4) is 11.5 Å². The molecule has 0 radical (unpaired) electrons. The number of anilines is 1. The normalized spacial score (nSPS) is 13.6. The third-order valence-corrected chi connectivity index (χ3v) is 6.46. The van der Waals surface area contributed by atoms with Crippen LogP contribution in [-0.4, -0.2) is 52.4 Å². The van der Waals surface area contributed by atoms with Crippen molar-refractivity contribution in [1.29, 1.82) is 0 Å². The third kappa shape index (κ3) is 4.98. The summed E-state index contributed by atoms with van der Waals surface area (Å²) in [5.74, 6) is 1.56. The van der Waals surface area contributed by atoms with Gasteiger partial charge in [0.15, 0.2) is 5.84 Å². The number of rotatable bonds is 7. The van der Waals surface area contributed by atoms with Crippen molar-refractivity contribution in [2.45, 2.75) is 4.90 Å². The lowest BCUT2D eigenvalue weighted by atomic mass is 10.1. The number of sulfonamides is 1. The van der Waals surface area contributed by atoms with E-state index in [1.807, 2.05) is 24.3 Å². The topological polar surface area (TPSA) is 97.3 Å². The summed E-state index contributed by atoms with van der Waals surface area (Å²) in [5, 5.41) is 3.03. The average Bonchev–Trinajstić information content (AvgIpc) is 3.09. The number of carbonyl (C=O) groups is 1. The van der Waals surface area contributed by atoms with Crippen LogP contribution in [0, 0.1) is 0 Å². The Balaban J connectivity index is 1.34. The number of nitrogens with one attached hydrogen (secondary N) is 1. The van der Waals surface area contributed by atoms with Crippen molar-refractivity contribution in [2.24, 2.45) is 4.40 Å². The summed E-state index contributed by atoms with van der Waals surface area (Å²) in [6, 6.07) is 20.7. The smallest absolute Gasteiger partial charge is 0.285 e. The van der Waals surface area contributed by atoms with E-state index in [1.165, 1.54) is 6.07 Å². The van der Waals surface area contributed by atoms with Crippen LogP contribution >= 0.6 is 0 Å². The molecule has 170 valence electrons. The molecule has 0 spiro atoms. The van der Waals surface area contributed by atoms with Crippen LogP contribution in [0.5, 0.6) is 11.5 Å². The maximum absolute atomic E-state index is 12.7. The van der Waals surface area contributed by atoms with E-state index in [0.717, 1.165) is 5.75 Å². The molecule has 0 unspecified atom stereocenters. The number of carbonyl (C=O) groups excluding carboxylic acids is 1. The van der Waals surface area contributed by atoms with E-state index in [9.17, 15) is 13.2 Å². The quantitative estimate of drug-likeness (QED) is 0.574. The van der Waals surface area contributed by atoms with Gasteiger partial charge in [-0.1, -0.05) is 12.1 Å². The van der Waals surface area contributed by atoms with E-state index in [1.54, 1.807) is 61.5 Å². The number of hydrogen-bond donors (Lipinski definition) is 1. The number of hydrogen-bond acceptors (Lipinski definition) is 6. The van der Waals surface area contributed by atoms with Crippen LogP contribution in [0.3, 0.4) is 0 Å². The Morgan fingerprint density at radius 3 is 2.33 bits per heavy atom. The van der Waals surface area contributed by atoms with Crippen molar-refractivity contribution >= 4 is 27.5 Å². The molecule has 0 saturated carbocycles. The molecule has 8 nitrogen and oxygen atoms in total. The minimum atomic E-state index is -3.69. The zero-order valence-electron chi connectivity index (χ0n) is 18.2. The van der Waals surface area contributed by atoms with E-state index in [4.69, 9.17) is 9.47 Å². The molecule has 0 fully saturated rings. The zero-order valence-corrected chi connectivity index (χ0v) is 19.0. The van der Waals surface area contributed by atoms with Gasteiger partial charge in [-0.25, -0.2) is 0 Å². The van der Waals surface area contributed by atoms with Crippen LogP contribution in [0.4, 0.5) is 5.69 Å². The summed E-state index contributed by atoms with van der Waals surface area (Å²) in [7, 11) is -0.382. The summed E-state index contributed by atoms with van der Waals surface area (Å²) in [6.07, 6.45) is 0. The second-order valence-corrected chi connectivity index (χ2v) is 8.94. The number of amides is 1. The van der Waals surface area contributed by atoms with Gasteiger partial charge in [0, 0.05) is 23.9 Å². The van der Waals surface area contributed by atoms with Crippen LogP contribution in [0.15, 0.2) is 82.1 Å². The number of methoxy groups -OCH3 is 1. The standard InChI is InChI=1S/C24H23N3O5S/c1-27(15-16-32-20-13-11-19(31-2)12-14-20)24(28)17-7-9-18(10-8-17)25-23-21-5-3-4-6-22(21)33(29,30)26-23/h3-14H,15-16H2,1-2H3,(H,25,26). The molecule has 1 N–H and O–H groups in total. The molecule has 0 aromatic heterocycles. The molecule has 0 bridgehead atoms. The van der Waals surface area contributed by atoms with E-state index >= 15 is 0 Å². The van der Waals surface area contributed by atoms with Crippen molar-refractivity contribution in [2.75, 3.05) is 32.6 Å². The van der Waals surface area contributed by atoms with Gasteiger partial charge < -0.3 is 19.7 Å². The molecule has 0 atom stereocenters. The highest BCUT2D eigenvalue weighted by Crippen LogP contribution is 2.26. The maximum atomic E-state index is 12.7. The Hall–Kier alpha value is -3.85. The lowest BCUT2D eigenvalue weighted by molar-refractivity contribution is 0.0774. The minimum absolute atomic E-state index is 0.147. The fraction of sp³-hybridized carbons (Fsp3) is 0.167. The number of ether oxygens (including phenoxy) is 2. The Bertz CT molecular complexity index is 1290. The number of benzene rings is 3. The molecular weight excluding hydrogens is 442 g/mol. The highest BCUT2D eigenvalue weighted by atomic mass is 32.2. The summed E-state index contributed by atoms with van der Waals surface area (Å²) < 4.78 is 39.0. The van der Waals surface area contributed by atoms with Gasteiger partial charge >= 0.3 is 0 Å². The van der Waals surface area contributed by atoms with Crippen molar-refractivity contribution in [3.63, 3.8) is 0 Å². The summed E-state index contributed by atoms with van der Waals surface area (Å²) in [6.45, 7) is 0.762. The lowest BCUT2D eigenvalue weighted by Crippen LogP contribution is -2.30. The molecule has 1 aliphatic heterocycles. The number of amidine groups is 1. The Labute approximate surface area is 192 Å². The largest absolute Gasteiger partial charge is 0.497 e. The monoisotopic (exact) mass is 465 g/mol. The first-order chi connectivity index (χ1) is 15.9. The highest BCUT2D eigenvalue weighted by Gasteiger charge is 2.28. The Morgan fingerprint density at radius 1 is 0.970 bits per heavy atom. The van der Waals surface area contributed by atoms with Gasteiger partial charge in [0.2, 0.25) is 0 Å². The van der Waals surface area contributed by atoms with Crippen LogP contribution in [-0.2, 0) is 10.0 Å². The highest BCUT2D eigenvalue weighted by molar-refractivity contribution is 7.90. The van der Waals surface area contributed by atoms with E-state index in [0.29, 0.717) is 35.7 Å². The maximum Gasteiger partial charge on any atom is 0.285 e. The molecule has 33 heavy (non-hydrogen) atoms. The van der Waals surface area contributed by atoms with Gasteiger partial charge in [-0.15, -0.1) is 4.40 Å². The predicted molar refractivity (Wildman–Crippen MR) is 126 cm³/mol. The molecule has 1 heterocycles. The molecule has 1 amide bonds. The summed E-state index contributed by atoms with van der Waals surface area (Å²) in [5.41, 5.74) is 1.66. The Kier molecular flexibility index (Phi) is 6.32. The van der Waals surface area contributed by atoms with Gasteiger partial charge in [-0.3, -0.25) is 4.79 Å². The molecule has 9 heteroatoms.